The van der Waals surface area contributed by atoms with E-state index in [9.17, 15) is 9.59 Å². The molecule has 1 atom stereocenters. The number of H-pyrrole nitrogens is 1. The van der Waals surface area contributed by atoms with Crippen LogP contribution in [0.15, 0.2) is 46.0 Å². The lowest BCUT2D eigenvalue weighted by Crippen LogP contribution is -2.37. The molecule has 2 aromatic rings. The number of benzene rings is 1. The van der Waals surface area contributed by atoms with E-state index in [2.05, 4.69) is 4.98 Å². The fraction of sp³-hybridized carbons (Fsp3) is 0.231. The molecule has 5 heteroatoms. The van der Waals surface area contributed by atoms with Crippen LogP contribution in [0.2, 0.25) is 5.15 Å². The average Bonchev–Trinajstić information content (AvgIpc) is 2.28. The van der Waals surface area contributed by atoms with Crippen molar-refractivity contribution in [2.75, 3.05) is 0 Å². The van der Waals surface area contributed by atoms with Crippen molar-refractivity contribution >= 4 is 11.6 Å². The molecule has 1 N–H and O–H groups in total. The van der Waals surface area contributed by atoms with Crippen molar-refractivity contribution in [1.82, 2.24) is 9.55 Å². The van der Waals surface area contributed by atoms with Crippen molar-refractivity contribution in [1.29, 1.82) is 0 Å². The van der Waals surface area contributed by atoms with Gasteiger partial charge in [0.05, 0.1) is 0 Å². The minimum Gasteiger partial charge on any atom is -0.298 e. The van der Waals surface area contributed by atoms with Gasteiger partial charge in [-0.05, 0) is 18.9 Å². The first-order valence-electron chi connectivity index (χ1n) is 5.63. The molecule has 0 saturated heterocycles. The molecule has 0 spiro atoms. The number of aromatic nitrogens is 2. The maximum Gasteiger partial charge on any atom is 0.329 e. The smallest absolute Gasteiger partial charge is 0.298 e. The highest BCUT2D eigenvalue weighted by Crippen LogP contribution is 2.10. The number of rotatable bonds is 3. The minimum atomic E-state index is -0.476. The number of nitrogens with zero attached hydrogens (tertiary/aromatic N) is 1. The highest BCUT2D eigenvalue weighted by molar-refractivity contribution is 6.29. The van der Waals surface area contributed by atoms with E-state index in [1.54, 1.807) is 0 Å². The van der Waals surface area contributed by atoms with E-state index in [4.69, 9.17) is 11.6 Å². The van der Waals surface area contributed by atoms with Gasteiger partial charge in [0.15, 0.2) is 0 Å². The van der Waals surface area contributed by atoms with Crippen molar-refractivity contribution in [2.45, 2.75) is 19.4 Å². The molecule has 0 aliphatic rings. The Hall–Kier alpha value is -1.81. The summed E-state index contributed by atoms with van der Waals surface area (Å²) in [6, 6.07) is 10.7. The molecule has 0 amide bonds. The molecule has 0 aliphatic heterocycles. The van der Waals surface area contributed by atoms with E-state index in [1.165, 1.54) is 10.6 Å². The van der Waals surface area contributed by atoms with Crippen molar-refractivity contribution in [3.05, 3.63) is 68.0 Å². The minimum absolute atomic E-state index is 0.0631. The van der Waals surface area contributed by atoms with Gasteiger partial charge >= 0.3 is 5.69 Å². The molecule has 0 aliphatic carbocycles. The summed E-state index contributed by atoms with van der Waals surface area (Å²) in [6.07, 6.45) is 0.617. The lowest BCUT2D eigenvalue weighted by Gasteiger charge is -2.13. The van der Waals surface area contributed by atoms with Gasteiger partial charge in [-0.25, -0.2) is 4.79 Å². The van der Waals surface area contributed by atoms with E-state index in [0.29, 0.717) is 6.42 Å². The Morgan fingerprint density at radius 2 is 1.94 bits per heavy atom. The third-order valence-electron chi connectivity index (χ3n) is 2.75. The van der Waals surface area contributed by atoms with E-state index in [-0.39, 0.29) is 16.8 Å². The third kappa shape index (κ3) is 2.71. The monoisotopic (exact) mass is 264 g/mol. The van der Waals surface area contributed by atoms with Crippen molar-refractivity contribution in [3.63, 3.8) is 0 Å². The standard InChI is InChI=1S/C13H13ClN2O2/c1-9(7-10-5-3-2-4-6-10)16-12(17)8-11(14)15-13(16)18/h2-6,8-9H,7H2,1H3,(H,15,18). The summed E-state index contributed by atoms with van der Waals surface area (Å²) in [7, 11) is 0. The molecule has 1 heterocycles. The summed E-state index contributed by atoms with van der Waals surface area (Å²) in [5.41, 5.74) is 0.217. The van der Waals surface area contributed by atoms with Crippen LogP contribution in [0, 0.1) is 0 Å². The maximum absolute atomic E-state index is 11.8. The number of hydrogen-bond donors (Lipinski definition) is 1. The quantitative estimate of drug-likeness (QED) is 0.862. The van der Waals surface area contributed by atoms with Crippen LogP contribution in [-0.4, -0.2) is 9.55 Å². The summed E-state index contributed by atoms with van der Waals surface area (Å²) in [4.78, 5) is 25.9. The van der Waals surface area contributed by atoms with Crippen LogP contribution in [0.4, 0.5) is 0 Å². The first kappa shape index (κ1) is 12.6. The van der Waals surface area contributed by atoms with Gasteiger partial charge in [0.25, 0.3) is 5.56 Å². The van der Waals surface area contributed by atoms with Gasteiger partial charge < -0.3 is 0 Å². The topological polar surface area (TPSA) is 54.9 Å². The zero-order valence-electron chi connectivity index (χ0n) is 9.89. The summed E-state index contributed by atoms with van der Waals surface area (Å²) >= 11 is 5.62. The van der Waals surface area contributed by atoms with Crippen molar-refractivity contribution in [3.8, 4) is 0 Å². The van der Waals surface area contributed by atoms with Crippen LogP contribution < -0.4 is 11.2 Å². The zero-order valence-corrected chi connectivity index (χ0v) is 10.6. The second-order valence-electron chi connectivity index (χ2n) is 4.17. The molecule has 4 nitrogen and oxygen atoms in total. The van der Waals surface area contributed by atoms with Crippen LogP contribution in [0.1, 0.15) is 18.5 Å². The van der Waals surface area contributed by atoms with Gasteiger partial charge in [-0.2, -0.15) is 0 Å². The molecule has 94 valence electrons. The first-order chi connectivity index (χ1) is 8.58. The number of aromatic amines is 1. The lowest BCUT2D eigenvalue weighted by molar-refractivity contribution is 0.501. The molecule has 2 rings (SSSR count). The van der Waals surface area contributed by atoms with Crippen LogP contribution in [-0.2, 0) is 6.42 Å². The molecule has 1 unspecified atom stereocenters. The Balaban J connectivity index is 2.33. The Morgan fingerprint density at radius 1 is 1.28 bits per heavy atom. The van der Waals surface area contributed by atoms with Crippen LogP contribution in [0.3, 0.4) is 0 Å². The second-order valence-corrected chi connectivity index (χ2v) is 4.58. The van der Waals surface area contributed by atoms with E-state index in [0.717, 1.165) is 5.56 Å². The second kappa shape index (κ2) is 5.23. The third-order valence-corrected chi connectivity index (χ3v) is 2.95. The normalized spacial score (nSPS) is 12.3. The molecule has 1 aromatic heterocycles. The van der Waals surface area contributed by atoms with Gasteiger partial charge in [0.1, 0.15) is 5.15 Å². The van der Waals surface area contributed by atoms with Gasteiger partial charge in [-0.1, -0.05) is 41.9 Å². The highest BCUT2D eigenvalue weighted by atomic mass is 35.5. The SMILES string of the molecule is CC(Cc1ccccc1)n1c(=O)cc(Cl)[nH]c1=O. The Morgan fingerprint density at radius 3 is 2.56 bits per heavy atom. The van der Waals surface area contributed by atoms with Gasteiger partial charge in [-0.3, -0.25) is 14.3 Å². The van der Waals surface area contributed by atoms with Crippen LogP contribution in [0.25, 0.3) is 0 Å². The average molecular weight is 265 g/mol. The summed E-state index contributed by atoms with van der Waals surface area (Å²) in [5.74, 6) is 0. The highest BCUT2D eigenvalue weighted by Gasteiger charge is 2.11. The first-order valence-corrected chi connectivity index (χ1v) is 6.01. The number of hydrogen-bond acceptors (Lipinski definition) is 2. The molecule has 18 heavy (non-hydrogen) atoms. The zero-order chi connectivity index (χ0) is 13.1. The largest absolute Gasteiger partial charge is 0.329 e. The number of nitrogens with one attached hydrogen (secondary N) is 1. The molecular weight excluding hydrogens is 252 g/mol. The molecule has 0 radical (unpaired) electrons. The Kier molecular flexibility index (Phi) is 3.67. The van der Waals surface area contributed by atoms with E-state index >= 15 is 0 Å². The van der Waals surface area contributed by atoms with Gasteiger partial charge in [0, 0.05) is 12.1 Å². The fourth-order valence-corrected chi connectivity index (χ4v) is 2.11. The van der Waals surface area contributed by atoms with Crippen LogP contribution in [0.5, 0.6) is 0 Å². The molecule has 1 aromatic carbocycles. The molecule has 0 fully saturated rings. The summed E-state index contributed by atoms with van der Waals surface area (Å²) in [5, 5.41) is 0.0631. The number of halogens is 1. The molecule has 0 saturated carbocycles. The van der Waals surface area contributed by atoms with Gasteiger partial charge in [-0.15, -0.1) is 0 Å². The van der Waals surface area contributed by atoms with E-state index in [1.807, 2.05) is 37.3 Å². The maximum atomic E-state index is 11.8. The predicted octanol–water partition coefficient (Wildman–Crippen LogP) is 1.99. The fourth-order valence-electron chi connectivity index (χ4n) is 1.94. The van der Waals surface area contributed by atoms with Crippen molar-refractivity contribution in [2.24, 2.45) is 0 Å². The Bertz CT molecular complexity index is 615. The van der Waals surface area contributed by atoms with Crippen LogP contribution >= 0.6 is 11.6 Å². The van der Waals surface area contributed by atoms with Gasteiger partial charge in [0.2, 0.25) is 0 Å². The molecule has 0 bridgehead atoms. The summed E-state index contributed by atoms with van der Waals surface area (Å²) in [6.45, 7) is 1.83. The predicted molar refractivity (Wildman–Crippen MR) is 71.2 cm³/mol. The van der Waals surface area contributed by atoms with Crippen molar-refractivity contribution < 1.29 is 0 Å². The summed E-state index contributed by atoms with van der Waals surface area (Å²) < 4.78 is 1.18. The Labute approximate surface area is 109 Å². The lowest BCUT2D eigenvalue weighted by atomic mass is 10.1. The molecular formula is C13H13ClN2O2. The van der Waals surface area contributed by atoms with E-state index < -0.39 is 5.69 Å².